The Kier molecular flexibility index (Phi) is 6.46. The molecule has 0 aromatic carbocycles. The van der Waals surface area contributed by atoms with E-state index in [0.29, 0.717) is 12.3 Å². The van der Waals surface area contributed by atoms with Gasteiger partial charge in [0.05, 0.1) is 0 Å². The molecule has 1 saturated heterocycles. The maximum Gasteiger partial charge on any atom is 0.222 e. The van der Waals surface area contributed by atoms with Crippen molar-refractivity contribution < 1.29 is 9.90 Å². The van der Waals surface area contributed by atoms with Crippen LogP contribution in [0, 0.1) is 5.92 Å². The monoisotopic (exact) mass is 227 g/mol. The first-order valence-corrected chi connectivity index (χ1v) is 6.66. The van der Waals surface area contributed by atoms with Gasteiger partial charge in [-0.2, -0.15) is 0 Å². The van der Waals surface area contributed by atoms with Gasteiger partial charge in [0.25, 0.3) is 0 Å². The lowest BCUT2D eigenvalue weighted by Crippen LogP contribution is -2.28. The van der Waals surface area contributed by atoms with E-state index >= 15 is 0 Å². The molecule has 1 aliphatic rings. The maximum absolute atomic E-state index is 11.8. The quantitative estimate of drug-likeness (QED) is 0.677. The molecule has 94 valence electrons. The lowest BCUT2D eigenvalue weighted by atomic mass is 10.1. The molecule has 1 heterocycles. The average molecular weight is 227 g/mol. The maximum atomic E-state index is 11.8. The van der Waals surface area contributed by atoms with E-state index in [2.05, 4.69) is 6.92 Å². The molecule has 3 nitrogen and oxygen atoms in total. The number of likely N-dealkylation sites (tertiary alicyclic amines) is 1. The fourth-order valence-corrected chi connectivity index (χ4v) is 2.25. The van der Waals surface area contributed by atoms with Gasteiger partial charge < -0.3 is 10.0 Å². The van der Waals surface area contributed by atoms with Gasteiger partial charge in [-0.15, -0.1) is 0 Å². The Balaban J connectivity index is 2.06. The van der Waals surface area contributed by atoms with E-state index in [-0.39, 0.29) is 12.5 Å². The van der Waals surface area contributed by atoms with Crippen molar-refractivity contribution in [2.45, 2.75) is 51.9 Å². The van der Waals surface area contributed by atoms with Gasteiger partial charge in [0.2, 0.25) is 5.91 Å². The number of hydrogen-bond acceptors (Lipinski definition) is 2. The summed E-state index contributed by atoms with van der Waals surface area (Å²) < 4.78 is 0. The third-order valence-electron chi connectivity index (χ3n) is 3.39. The van der Waals surface area contributed by atoms with Crippen LogP contribution in [0.3, 0.4) is 0 Å². The molecule has 1 N–H and O–H groups in total. The Morgan fingerprint density at radius 1 is 1.31 bits per heavy atom. The van der Waals surface area contributed by atoms with Gasteiger partial charge >= 0.3 is 0 Å². The summed E-state index contributed by atoms with van der Waals surface area (Å²) in [6, 6.07) is 0. The fourth-order valence-electron chi connectivity index (χ4n) is 2.25. The minimum absolute atomic E-state index is 0.222. The highest BCUT2D eigenvalue weighted by Gasteiger charge is 2.24. The van der Waals surface area contributed by atoms with E-state index in [4.69, 9.17) is 5.11 Å². The fraction of sp³-hybridized carbons (Fsp3) is 0.923. The van der Waals surface area contributed by atoms with E-state index in [1.54, 1.807) is 0 Å². The van der Waals surface area contributed by atoms with Crippen LogP contribution in [-0.2, 0) is 4.79 Å². The molecule has 3 heteroatoms. The topological polar surface area (TPSA) is 40.5 Å². The standard InChI is InChI=1S/C13H25NO2/c1-2-3-4-5-6-7-13(16)14-9-8-12(10-14)11-15/h12,15H,2-11H2,1H3. The van der Waals surface area contributed by atoms with Crippen LogP contribution >= 0.6 is 0 Å². The number of rotatable bonds is 7. The molecule has 0 spiro atoms. The molecule has 1 aliphatic heterocycles. The predicted octanol–water partition coefficient (Wildman–Crippen LogP) is 2.19. The van der Waals surface area contributed by atoms with E-state index in [1.807, 2.05) is 4.90 Å². The second kappa shape index (κ2) is 7.66. The molecule has 1 rings (SSSR count). The first kappa shape index (κ1) is 13.5. The zero-order valence-electron chi connectivity index (χ0n) is 10.5. The molecule has 0 aromatic heterocycles. The number of hydrogen-bond donors (Lipinski definition) is 1. The highest BCUT2D eigenvalue weighted by atomic mass is 16.3. The smallest absolute Gasteiger partial charge is 0.222 e. The van der Waals surface area contributed by atoms with Crippen LogP contribution in [-0.4, -0.2) is 35.6 Å². The van der Waals surface area contributed by atoms with Gasteiger partial charge in [0.1, 0.15) is 0 Å². The number of nitrogens with zero attached hydrogens (tertiary/aromatic N) is 1. The highest BCUT2D eigenvalue weighted by Crippen LogP contribution is 2.17. The molecule has 1 amide bonds. The van der Waals surface area contributed by atoms with Gasteiger partial charge in [-0.3, -0.25) is 4.79 Å². The van der Waals surface area contributed by atoms with Crippen molar-refractivity contribution in [3.63, 3.8) is 0 Å². The van der Waals surface area contributed by atoms with Crippen molar-refractivity contribution in [2.75, 3.05) is 19.7 Å². The molecule has 0 aliphatic carbocycles. The number of aliphatic hydroxyl groups is 1. The molecule has 0 aromatic rings. The van der Waals surface area contributed by atoms with Crippen LogP contribution in [0.15, 0.2) is 0 Å². The van der Waals surface area contributed by atoms with Gasteiger partial charge in [-0.25, -0.2) is 0 Å². The van der Waals surface area contributed by atoms with E-state index in [0.717, 1.165) is 25.9 Å². The molecule has 0 saturated carbocycles. The molecular formula is C13H25NO2. The lowest BCUT2D eigenvalue weighted by Gasteiger charge is -2.15. The van der Waals surface area contributed by atoms with Crippen molar-refractivity contribution in [1.29, 1.82) is 0 Å². The molecule has 1 fully saturated rings. The molecule has 1 unspecified atom stereocenters. The van der Waals surface area contributed by atoms with Gasteiger partial charge in [0.15, 0.2) is 0 Å². The van der Waals surface area contributed by atoms with E-state index in [1.165, 1.54) is 25.7 Å². The van der Waals surface area contributed by atoms with Crippen LogP contribution < -0.4 is 0 Å². The highest BCUT2D eigenvalue weighted by molar-refractivity contribution is 5.76. The Labute approximate surface area is 98.8 Å². The Hall–Kier alpha value is -0.570. The average Bonchev–Trinajstić information content (AvgIpc) is 2.77. The summed E-state index contributed by atoms with van der Waals surface area (Å²) >= 11 is 0. The van der Waals surface area contributed by atoms with Crippen molar-refractivity contribution >= 4 is 5.91 Å². The van der Waals surface area contributed by atoms with Crippen LogP contribution in [0.25, 0.3) is 0 Å². The second-order valence-corrected chi connectivity index (χ2v) is 4.84. The van der Waals surface area contributed by atoms with E-state index < -0.39 is 0 Å². The predicted molar refractivity (Wildman–Crippen MR) is 65.1 cm³/mol. The van der Waals surface area contributed by atoms with Crippen molar-refractivity contribution in [2.24, 2.45) is 5.92 Å². The summed E-state index contributed by atoms with van der Waals surface area (Å²) in [6.07, 6.45) is 7.65. The second-order valence-electron chi connectivity index (χ2n) is 4.84. The summed E-state index contributed by atoms with van der Waals surface area (Å²) in [7, 11) is 0. The SMILES string of the molecule is CCCCCCCC(=O)N1CCC(CO)C1. The Morgan fingerprint density at radius 3 is 2.69 bits per heavy atom. The number of amides is 1. The van der Waals surface area contributed by atoms with Crippen molar-refractivity contribution in [3.8, 4) is 0 Å². The zero-order valence-corrected chi connectivity index (χ0v) is 10.5. The minimum Gasteiger partial charge on any atom is -0.396 e. The first-order chi connectivity index (χ1) is 7.77. The van der Waals surface area contributed by atoms with Gasteiger partial charge in [0, 0.05) is 32.0 Å². The molecular weight excluding hydrogens is 202 g/mol. The summed E-state index contributed by atoms with van der Waals surface area (Å²) in [5.74, 6) is 0.608. The summed E-state index contributed by atoms with van der Waals surface area (Å²) in [5.41, 5.74) is 0. The molecule has 0 radical (unpaired) electrons. The summed E-state index contributed by atoms with van der Waals surface area (Å²) in [5, 5.41) is 9.00. The lowest BCUT2D eigenvalue weighted by molar-refractivity contribution is -0.130. The Bertz CT molecular complexity index is 206. The third kappa shape index (κ3) is 4.52. The van der Waals surface area contributed by atoms with E-state index in [9.17, 15) is 4.79 Å². The number of carbonyl (C=O) groups excluding carboxylic acids is 1. The van der Waals surface area contributed by atoms with Crippen LogP contribution in [0.1, 0.15) is 51.9 Å². The number of carbonyl (C=O) groups is 1. The molecule has 0 bridgehead atoms. The normalized spacial score (nSPS) is 20.4. The minimum atomic E-state index is 0.222. The summed E-state index contributed by atoms with van der Waals surface area (Å²) in [6.45, 7) is 4.04. The van der Waals surface area contributed by atoms with Crippen molar-refractivity contribution in [1.82, 2.24) is 4.90 Å². The zero-order chi connectivity index (χ0) is 11.8. The Morgan fingerprint density at radius 2 is 2.06 bits per heavy atom. The van der Waals surface area contributed by atoms with Crippen molar-refractivity contribution in [3.05, 3.63) is 0 Å². The number of unbranched alkanes of at least 4 members (excludes halogenated alkanes) is 4. The van der Waals surface area contributed by atoms with Crippen LogP contribution in [0.4, 0.5) is 0 Å². The molecule has 16 heavy (non-hydrogen) atoms. The first-order valence-electron chi connectivity index (χ1n) is 6.66. The van der Waals surface area contributed by atoms with Gasteiger partial charge in [-0.05, 0) is 12.8 Å². The van der Waals surface area contributed by atoms with Crippen LogP contribution in [0.5, 0.6) is 0 Å². The van der Waals surface area contributed by atoms with Crippen LogP contribution in [0.2, 0.25) is 0 Å². The molecule has 1 atom stereocenters. The number of aliphatic hydroxyl groups excluding tert-OH is 1. The third-order valence-corrected chi connectivity index (χ3v) is 3.39. The summed E-state index contributed by atoms with van der Waals surface area (Å²) in [4.78, 5) is 13.7. The largest absolute Gasteiger partial charge is 0.396 e. The van der Waals surface area contributed by atoms with Gasteiger partial charge in [-0.1, -0.05) is 32.6 Å².